The number of para-hydroxylation sites is 1. The summed E-state index contributed by atoms with van der Waals surface area (Å²) in [7, 11) is 1.95. The van der Waals surface area contributed by atoms with Gasteiger partial charge in [-0.15, -0.1) is 0 Å². The second-order valence-electron chi connectivity index (χ2n) is 5.25. The minimum Gasteiger partial charge on any atom is -0.332 e. The number of amides is 2. The van der Waals surface area contributed by atoms with Crippen molar-refractivity contribution in [3.8, 4) is 0 Å². The van der Waals surface area contributed by atoms with E-state index in [0.29, 0.717) is 23.2 Å². The Morgan fingerprint density at radius 1 is 1.43 bits per heavy atom. The Labute approximate surface area is 128 Å². The fourth-order valence-electron chi connectivity index (χ4n) is 2.29. The van der Waals surface area contributed by atoms with E-state index < -0.39 is 0 Å². The normalized spacial score (nSPS) is 14.0. The van der Waals surface area contributed by atoms with Gasteiger partial charge in [0, 0.05) is 18.7 Å². The SMILES string of the molecule is Cn1nc(CNC(=O)Nc2ccccc2Cl)cc1C1CC1. The first kappa shape index (κ1) is 13.9. The van der Waals surface area contributed by atoms with Gasteiger partial charge in [-0.05, 0) is 31.0 Å². The predicted octanol–water partition coefficient (Wildman–Crippen LogP) is 3.27. The van der Waals surface area contributed by atoms with Gasteiger partial charge in [0.1, 0.15) is 0 Å². The van der Waals surface area contributed by atoms with E-state index in [-0.39, 0.29) is 6.03 Å². The third-order valence-electron chi connectivity index (χ3n) is 3.51. The van der Waals surface area contributed by atoms with Crippen LogP contribution in [0.25, 0.3) is 0 Å². The highest BCUT2D eigenvalue weighted by Gasteiger charge is 2.27. The summed E-state index contributed by atoms with van der Waals surface area (Å²) < 4.78 is 1.90. The molecule has 0 aliphatic heterocycles. The second-order valence-corrected chi connectivity index (χ2v) is 5.65. The van der Waals surface area contributed by atoms with Crippen molar-refractivity contribution in [2.24, 2.45) is 7.05 Å². The van der Waals surface area contributed by atoms with Gasteiger partial charge in [0.2, 0.25) is 0 Å². The highest BCUT2D eigenvalue weighted by Crippen LogP contribution is 2.39. The van der Waals surface area contributed by atoms with Crippen molar-refractivity contribution in [2.45, 2.75) is 25.3 Å². The highest BCUT2D eigenvalue weighted by molar-refractivity contribution is 6.33. The van der Waals surface area contributed by atoms with E-state index in [0.717, 1.165) is 5.69 Å². The van der Waals surface area contributed by atoms with Gasteiger partial charge in [0.25, 0.3) is 0 Å². The van der Waals surface area contributed by atoms with E-state index in [1.807, 2.05) is 23.9 Å². The number of benzene rings is 1. The monoisotopic (exact) mass is 304 g/mol. The maximum Gasteiger partial charge on any atom is 0.319 e. The van der Waals surface area contributed by atoms with Gasteiger partial charge in [-0.1, -0.05) is 23.7 Å². The number of aryl methyl sites for hydroxylation is 1. The topological polar surface area (TPSA) is 59.0 Å². The average molecular weight is 305 g/mol. The summed E-state index contributed by atoms with van der Waals surface area (Å²) in [5, 5.41) is 10.4. The molecule has 3 rings (SSSR count). The lowest BCUT2D eigenvalue weighted by atomic mass is 10.2. The minimum absolute atomic E-state index is 0.290. The highest BCUT2D eigenvalue weighted by atomic mass is 35.5. The minimum atomic E-state index is -0.290. The third kappa shape index (κ3) is 3.36. The van der Waals surface area contributed by atoms with Crippen molar-refractivity contribution in [2.75, 3.05) is 5.32 Å². The van der Waals surface area contributed by atoms with Crippen LogP contribution in [0.5, 0.6) is 0 Å². The van der Waals surface area contributed by atoms with Crippen LogP contribution >= 0.6 is 11.6 Å². The molecule has 2 N–H and O–H groups in total. The fourth-order valence-corrected chi connectivity index (χ4v) is 2.47. The zero-order chi connectivity index (χ0) is 14.8. The predicted molar refractivity (Wildman–Crippen MR) is 82.5 cm³/mol. The molecule has 5 nitrogen and oxygen atoms in total. The summed E-state index contributed by atoms with van der Waals surface area (Å²) in [5.74, 6) is 0.646. The molecule has 2 amide bonds. The Balaban J connectivity index is 1.56. The Morgan fingerprint density at radius 2 is 2.19 bits per heavy atom. The number of nitrogens with one attached hydrogen (secondary N) is 2. The molecular weight excluding hydrogens is 288 g/mol. The van der Waals surface area contributed by atoms with Crippen LogP contribution < -0.4 is 10.6 Å². The van der Waals surface area contributed by atoms with Gasteiger partial charge >= 0.3 is 6.03 Å². The second kappa shape index (κ2) is 5.77. The van der Waals surface area contributed by atoms with E-state index in [1.54, 1.807) is 12.1 Å². The Kier molecular flexibility index (Phi) is 3.84. The average Bonchev–Trinajstić information content (AvgIpc) is 3.23. The molecule has 0 saturated heterocycles. The van der Waals surface area contributed by atoms with Gasteiger partial charge in [0.15, 0.2) is 0 Å². The van der Waals surface area contributed by atoms with E-state index in [2.05, 4.69) is 21.8 Å². The van der Waals surface area contributed by atoms with Gasteiger partial charge in [-0.3, -0.25) is 4.68 Å². The first-order chi connectivity index (χ1) is 10.1. The van der Waals surface area contributed by atoms with E-state index >= 15 is 0 Å². The van der Waals surface area contributed by atoms with Crippen molar-refractivity contribution in [1.29, 1.82) is 0 Å². The summed E-state index contributed by atoms with van der Waals surface area (Å²) in [6, 6.07) is 8.90. The summed E-state index contributed by atoms with van der Waals surface area (Å²) >= 11 is 5.99. The Morgan fingerprint density at radius 3 is 2.90 bits per heavy atom. The molecule has 1 aliphatic carbocycles. The molecule has 21 heavy (non-hydrogen) atoms. The number of nitrogens with zero attached hydrogens (tertiary/aromatic N) is 2. The smallest absolute Gasteiger partial charge is 0.319 e. The molecule has 0 bridgehead atoms. The van der Waals surface area contributed by atoms with Crippen LogP contribution in [0.3, 0.4) is 0 Å². The summed E-state index contributed by atoms with van der Waals surface area (Å²) in [6.45, 7) is 0.400. The van der Waals surface area contributed by atoms with Crippen molar-refractivity contribution < 1.29 is 4.79 Å². The number of hydrogen-bond acceptors (Lipinski definition) is 2. The molecule has 1 fully saturated rings. The van der Waals surface area contributed by atoms with Gasteiger partial charge in [-0.2, -0.15) is 5.10 Å². The molecule has 0 radical (unpaired) electrons. The number of urea groups is 1. The maximum atomic E-state index is 11.9. The zero-order valence-corrected chi connectivity index (χ0v) is 12.5. The van der Waals surface area contributed by atoms with Crippen molar-refractivity contribution in [1.82, 2.24) is 15.1 Å². The molecule has 2 aromatic rings. The number of halogens is 1. The molecule has 1 heterocycles. The van der Waals surface area contributed by atoms with E-state index in [9.17, 15) is 4.79 Å². The number of carbonyl (C=O) groups excluding carboxylic acids is 1. The molecular formula is C15H17ClN4O. The molecule has 1 aromatic carbocycles. The Bertz CT molecular complexity index is 663. The van der Waals surface area contributed by atoms with Crippen molar-refractivity contribution in [3.05, 3.63) is 46.7 Å². The molecule has 0 atom stereocenters. The van der Waals surface area contributed by atoms with Crippen molar-refractivity contribution >= 4 is 23.3 Å². The number of rotatable bonds is 4. The summed E-state index contributed by atoms with van der Waals surface area (Å²) in [5.41, 5.74) is 2.71. The summed E-state index contributed by atoms with van der Waals surface area (Å²) in [4.78, 5) is 11.9. The van der Waals surface area contributed by atoms with Crippen LogP contribution in [0.4, 0.5) is 10.5 Å². The molecule has 0 spiro atoms. The summed E-state index contributed by atoms with van der Waals surface area (Å²) in [6.07, 6.45) is 2.47. The van der Waals surface area contributed by atoms with Crippen molar-refractivity contribution in [3.63, 3.8) is 0 Å². The third-order valence-corrected chi connectivity index (χ3v) is 3.84. The molecule has 1 aromatic heterocycles. The lowest BCUT2D eigenvalue weighted by Crippen LogP contribution is -2.28. The van der Waals surface area contributed by atoms with Crippen LogP contribution in [0.1, 0.15) is 30.1 Å². The fraction of sp³-hybridized carbons (Fsp3) is 0.333. The quantitative estimate of drug-likeness (QED) is 0.910. The molecule has 1 aliphatic rings. The van der Waals surface area contributed by atoms with E-state index in [4.69, 9.17) is 11.6 Å². The standard InChI is InChI=1S/C15H17ClN4O/c1-20-14(10-6-7-10)8-11(19-20)9-17-15(21)18-13-5-3-2-4-12(13)16/h2-5,8,10H,6-7,9H2,1H3,(H2,17,18,21). The van der Waals surface area contributed by atoms with Crippen LogP contribution in [-0.2, 0) is 13.6 Å². The maximum absolute atomic E-state index is 11.9. The van der Waals surface area contributed by atoms with Gasteiger partial charge < -0.3 is 10.6 Å². The van der Waals surface area contributed by atoms with Crippen LogP contribution in [0.2, 0.25) is 5.02 Å². The first-order valence-electron chi connectivity index (χ1n) is 6.95. The van der Waals surface area contributed by atoms with Crippen LogP contribution in [0, 0.1) is 0 Å². The largest absolute Gasteiger partial charge is 0.332 e. The number of hydrogen-bond donors (Lipinski definition) is 2. The molecule has 1 saturated carbocycles. The van der Waals surface area contributed by atoms with Crippen LogP contribution in [-0.4, -0.2) is 15.8 Å². The molecule has 0 unspecified atom stereocenters. The number of carbonyl (C=O) groups is 1. The lowest BCUT2D eigenvalue weighted by molar-refractivity contribution is 0.251. The lowest BCUT2D eigenvalue weighted by Gasteiger charge is -2.07. The van der Waals surface area contributed by atoms with Gasteiger partial charge in [-0.25, -0.2) is 4.79 Å². The first-order valence-corrected chi connectivity index (χ1v) is 7.33. The van der Waals surface area contributed by atoms with Crippen LogP contribution in [0.15, 0.2) is 30.3 Å². The van der Waals surface area contributed by atoms with Gasteiger partial charge in [0.05, 0.1) is 22.9 Å². The zero-order valence-electron chi connectivity index (χ0n) is 11.8. The number of anilines is 1. The Hall–Kier alpha value is -2.01. The molecule has 6 heteroatoms. The van der Waals surface area contributed by atoms with E-state index in [1.165, 1.54) is 18.5 Å². The number of aromatic nitrogens is 2. The molecule has 110 valence electrons.